The number of anilines is 1. The van der Waals surface area contributed by atoms with Crippen molar-refractivity contribution in [3.05, 3.63) is 29.6 Å². The van der Waals surface area contributed by atoms with Gasteiger partial charge < -0.3 is 5.73 Å². The first-order valence-electron chi connectivity index (χ1n) is 5.27. The standard InChI is InChI=1S/C10H15FN4O2S/c1-2-6-14-18(16,17)15-8-5-3-4-7(11)9(8)10(12)13/h3-5,14-15H,2,6H2,1H3,(H3,12,13). The van der Waals surface area contributed by atoms with Crippen LogP contribution in [0, 0.1) is 11.2 Å². The van der Waals surface area contributed by atoms with Crippen LogP contribution in [-0.2, 0) is 10.2 Å². The van der Waals surface area contributed by atoms with Gasteiger partial charge in [-0.1, -0.05) is 13.0 Å². The first-order valence-corrected chi connectivity index (χ1v) is 6.76. The van der Waals surface area contributed by atoms with E-state index in [9.17, 15) is 12.8 Å². The maximum absolute atomic E-state index is 13.5. The van der Waals surface area contributed by atoms with Gasteiger partial charge in [-0.2, -0.15) is 13.1 Å². The third kappa shape index (κ3) is 3.67. The molecule has 0 aromatic heterocycles. The van der Waals surface area contributed by atoms with E-state index in [1.807, 2.05) is 6.92 Å². The normalized spacial score (nSPS) is 11.2. The summed E-state index contributed by atoms with van der Waals surface area (Å²) in [6.45, 7) is 2.08. The fourth-order valence-corrected chi connectivity index (χ4v) is 2.30. The van der Waals surface area contributed by atoms with Crippen molar-refractivity contribution >= 4 is 21.7 Å². The van der Waals surface area contributed by atoms with Crippen LogP contribution in [0.3, 0.4) is 0 Å². The summed E-state index contributed by atoms with van der Waals surface area (Å²) in [6, 6.07) is 3.78. The predicted molar refractivity (Wildman–Crippen MR) is 68.3 cm³/mol. The SMILES string of the molecule is CCCNS(=O)(=O)Nc1cccc(F)c1C(=N)N. The van der Waals surface area contributed by atoms with Gasteiger partial charge in [-0.25, -0.2) is 4.39 Å². The Morgan fingerprint density at radius 1 is 1.50 bits per heavy atom. The number of benzene rings is 1. The number of hydrogen-bond acceptors (Lipinski definition) is 3. The van der Waals surface area contributed by atoms with Crippen molar-refractivity contribution in [2.45, 2.75) is 13.3 Å². The molecule has 1 rings (SSSR count). The van der Waals surface area contributed by atoms with Crippen LogP contribution in [0.15, 0.2) is 18.2 Å². The maximum Gasteiger partial charge on any atom is 0.299 e. The number of amidine groups is 1. The van der Waals surface area contributed by atoms with Gasteiger partial charge in [0.25, 0.3) is 10.2 Å². The highest BCUT2D eigenvalue weighted by Crippen LogP contribution is 2.19. The summed E-state index contributed by atoms with van der Waals surface area (Å²) in [5, 5.41) is 7.25. The largest absolute Gasteiger partial charge is 0.384 e. The van der Waals surface area contributed by atoms with Crippen molar-refractivity contribution in [1.82, 2.24) is 4.72 Å². The van der Waals surface area contributed by atoms with Gasteiger partial charge in [-0.3, -0.25) is 10.1 Å². The van der Waals surface area contributed by atoms with Gasteiger partial charge in [0.1, 0.15) is 11.7 Å². The van der Waals surface area contributed by atoms with E-state index in [1.165, 1.54) is 12.1 Å². The molecule has 0 atom stereocenters. The van der Waals surface area contributed by atoms with E-state index in [0.717, 1.165) is 6.07 Å². The zero-order valence-corrected chi connectivity index (χ0v) is 10.6. The van der Waals surface area contributed by atoms with Gasteiger partial charge in [0.2, 0.25) is 0 Å². The summed E-state index contributed by atoms with van der Waals surface area (Å²) in [5.74, 6) is -1.29. The van der Waals surface area contributed by atoms with Gasteiger partial charge >= 0.3 is 0 Å². The number of halogens is 1. The van der Waals surface area contributed by atoms with E-state index in [1.54, 1.807) is 0 Å². The second-order valence-corrected chi connectivity index (χ2v) is 5.08. The molecule has 100 valence electrons. The minimum atomic E-state index is -3.79. The first kappa shape index (κ1) is 14.4. The molecule has 0 saturated carbocycles. The van der Waals surface area contributed by atoms with Crippen LogP contribution in [0.2, 0.25) is 0 Å². The Bertz CT molecular complexity index is 545. The molecule has 0 saturated heterocycles. The van der Waals surface area contributed by atoms with Gasteiger partial charge in [0, 0.05) is 6.54 Å². The summed E-state index contributed by atoms with van der Waals surface area (Å²) >= 11 is 0. The molecule has 18 heavy (non-hydrogen) atoms. The van der Waals surface area contributed by atoms with Crippen LogP contribution >= 0.6 is 0 Å². The monoisotopic (exact) mass is 274 g/mol. The number of nitrogens with two attached hydrogens (primary N) is 1. The molecule has 1 aromatic rings. The van der Waals surface area contributed by atoms with Gasteiger partial charge in [-0.05, 0) is 18.6 Å². The van der Waals surface area contributed by atoms with Crippen LogP contribution in [0.5, 0.6) is 0 Å². The molecule has 0 fully saturated rings. The summed E-state index contributed by atoms with van der Waals surface area (Å²) < 4.78 is 41.0. The van der Waals surface area contributed by atoms with Crippen LogP contribution in [0.4, 0.5) is 10.1 Å². The van der Waals surface area contributed by atoms with Crippen molar-refractivity contribution in [1.29, 1.82) is 5.41 Å². The Morgan fingerprint density at radius 3 is 2.72 bits per heavy atom. The molecular formula is C10H15FN4O2S. The molecule has 0 radical (unpaired) electrons. The van der Waals surface area contributed by atoms with Gasteiger partial charge in [-0.15, -0.1) is 0 Å². The van der Waals surface area contributed by atoms with E-state index in [4.69, 9.17) is 11.1 Å². The van der Waals surface area contributed by atoms with Crippen LogP contribution in [-0.4, -0.2) is 20.8 Å². The van der Waals surface area contributed by atoms with Crippen LogP contribution < -0.4 is 15.2 Å². The van der Waals surface area contributed by atoms with E-state index >= 15 is 0 Å². The smallest absolute Gasteiger partial charge is 0.299 e. The Labute approximate surface area is 105 Å². The third-order valence-electron chi connectivity index (χ3n) is 2.07. The van der Waals surface area contributed by atoms with Crippen molar-refractivity contribution in [3.8, 4) is 0 Å². The fraction of sp³-hybridized carbons (Fsp3) is 0.300. The van der Waals surface area contributed by atoms with E-state index in [2.05, 4.69) is 9.44 Å². The highest BCUT2D eigenvalue weighted by Gasteiger charge is 2.16. The van der Waals surface area contributed by atoms with Crippen molar-refractivity contribution in [2.75, 3.05) is 11.3 Å². The van der Waals surface area contributed by atoms with Crippen LogP contribution in [0.25, 0.3) is 0 Å². The number of hydrogen-bond donors (Lipinski definition) is 4. The average Bonchev–Trinajstić information content (AvgIpc) is 2.25. The number of nitrogen functional groups attached to an aromatic ring is 1. The Hall–Kier alpha value is -1.67. The quantitative estimate of drug-likeness (QED) is 0.454. The third-order valence-corrected chi connectivity index (χ3v) is 3.14. The van der Waals surface area contributed by atoms with Crippen molar-refractivity contribution in [2.24, 2.45) is 5.73 Å². The topological polar surface area (TPSA) is 108 Å². The minimum absolute atomic E-state index is 0.0638. The molecule has 0 heterocycles. The molecule has 0 spiro atoms. The summed E-state index contributed by atoms with van der Waals surface area (Å²) in [5.41, 5.74) is 4.89. The predicted octanol–water partition coefficient (Wildman–Crippen LogP) is 0.766. The molecule has 6 nitrogen and oxygen atoms in total. The van der Waals surface area contributed by atoms with Gasteiger partial charge in [0.15, 0.2) is 0 Å². The molecule has 0 aliphatic rings. The summed E-state index contributed by atoms with van der Waals surface area (Å²) in [7, 11) is -3.79. The molecule has 5 N–H and O–H groups in total. The van der Waals surface area contributed by atoms with E-state index < -0.39 is 21.9 Å². The fourth-order valence-electron chi connectivity index (χ4n) is 1.30. The summed E-state index contributed by atoms with van der Waals surface area (Å²) in [4.78, 5) is 0. The second kappa shape index (κ2) is 5.78. The first-order chi connectivity index (χ1) is 8.37. The zero-order chi connectivity index (χ0) is 13.8. The molecule has 0 aliphatic carbocycles. The molecule has 0 unspecified atom stereocenters. The number of nitrogens with one attached hydrogen (secondary N) is 3. The molecule has 1 aromatic carbocycles. The summed E-state index contributed by atoms with van der Waals surface area (Å²) in [6.07, 6.45) is 0.629. The Morgan fingerprint density at radius 2 is 2.17 bits per heavy atom. The average molecular weight is 274 g/mol. The van der Waals surface area contributed by atoms with Gasteiger partial charge in [0.05, 0.1) is 11.3 Å². The van der Waals surface area contributed by atoms with E-state index in [0.29, 0.717) is 6.42 Å². The van der Waals surface area contributed by atoms with Crippen molar-refractivity contribution in [3.63, 3.8) is 0 Å². The lowest BCUT2D eigenvalue weighted by Crippen LogP contribution is -2.31. The zero-order valence-electron chi connectivity index (χ0n) is 9.83. The lowest BCUT2D eigenvalue weighted by Gasteiger charge is -2.12. The molecule has 8 heteroatoms. The Balaban J connectivity index is 3.05. The number of rotatable bonds is 6. The lowest BCUT2D eigenvalue weighted by atomic mass is 10.1. The highest BCUT2D eigenvalue weighted by atomic mass is 32.2. The maximum atomic E-state index is 13.5. The minimum Gasteiger partial charge on any atom is -0.384 e. The molecule has 0 bridgehead atoms. The lowest BCUT2D eigenvalue weighted by molar-refractivity contribution is 0.586. The van der Waals surface area contributed by atoms with Crippen molar-refractivity contribution < 1.29 is 12.8 Å². The van der Waals surface area contributed by atoms with E-state index in [-0.39, 0.29) is 17.8 Å². The Kier molecular flexibility index (Phi) is 4.62. The highest BCUT2D eigenvalue weighted by molar-refractivity contribution is 7.90. The molecular weight excluding hydrogens is 259 g/mol. The molecule has 0 amide bonds. The molecule has 0 aliphatic heterocycles. The van der Waals surface area contributed by atoms with Crippen LogP contribution in [0.1, 0.15) is 18.9 Å². The second-order valence-electron chi connectivity index (χ2n) is 3.58.